The quantitative estimate of drug-likeness (QED) is 0.733. The van der Waals surface area contributed by atoms with Crippen molar-refractivity contribution in [2.24, 2.45) is 5.92 Å². The maximum atomic E-state index is 12.0. The highest BCUT2D eigenvalue weighted by molar-refractivity contribution is 5.76. The molecule has 0 spiro atoms. The molecule has 1 atom stereocenters. The Kier molecular flexibility index (Phi) is 5.39. The third kappa shape index (κ3) is 4.35. The minimum atomic E-state index is 0.226. The van der Waals surface area contributed by atoms with Crippen molar-refractivity contribution in [1.82, 2.24) is 14.5 Å². The van der Waals surface area contributed by atoms with Gasteiger partial charge in [0, 0.05) is 38.6 Å². The van der Waals surface area contributed by atoms with Gasteiger partial charge >= 0.3 is 0 Å². The maximum Gasteiger partial charge on any atom is 0.224 e. The minimum absolute atomic E-state index is 0.226. The minimum Gasteiger partial charge on any atom is -0.381 e. The van der Waals surface area contributed by atoms with Crippen molar-refractivity contribution in [2.75, 3.05) is 26.3 Å². The second-order valence-corrected chi connectivity index (χ2v) is 5.05. The molecule has 0 aromatic carbocycles. The average Bonchev–Trinajstić information content (AvgIpc) is 2.92. The lowest BCUT2D eigenvalue weighted by molar-refractivity contribution is -0.134. The Morgan fingerprint density at radius 2 is 2.42 bits per heavy atom. The first kappa shape index (κ1) is 14.1. The summed E-state index contributed by atoms with van der Waals surface area (Å²) in [7, 11) is 0. The van der Waals surface area contributed by atoms with Gasteiger partial charge in [0.2, 0.25) is 5.91 Å². The second kappa shape index (κ2) is 7.28. The summed E-state index contributed by atoms with van der Waals surface area (Å²) in [6, 6.07) is 0. The predicted octanol–water partition coefficient (Wildman–Crippen LogP) is 1.55. The van der Waals surface area contributed by atoms with Crippen molar-refractivity contribution >= 4 is 5.91 Å². The Balaban J connectivity index is 1.78. The molecule has 1 aliphatic rings. The standard InChI is InChI=1S/C14H23N3O2/c1-2-19-9-5-14(18)17-7-3-4-13(11-17)10-16-8-6-15-12-16/h6,8,12-13H,2-5,7,9-11H2,1H3. The van der Waals surface area contributed by atoms with E-state index in [1.54, 1.807) is 6.20 Å². The summed E-state index contributed by atoms with van der Waals surface area (Å²) in [5.74, 6) is 0.766. The molecule has 1 fully saturated rings. The van der Waals surface area contributed by atoms with Crippen LogP contribution in [0.5, 0.6) is 0 Å². The van der Waals surface area contributed by atoms with Gasteiger partial charge < -0.3 is 14.2 Å². The number of carbonyl (C=O) groups excluding carboxylic acids is 1. The summed E-state index contributed by atoms with van der Waals surface area (Å²) in [6.07, 6.45) is 8.42. The fourth-order valence-electron chi connectivity index (χ4n) is 2.60. The molecule has 1 unspecified atom stereocenters. The Bertz CT molecular complexity index is 378. The van der Waals surface area contributed by atoms with Crippen LogP contribution in [0.3, 0.4) is 0 Å². The molecule has 0 radical (unpaired) electrons. The summed E-state index contributed by atoms with van der Waals surface area (Å²) in [6.45, 7) is 5.88. The van der Waals surface area contributed by atoms with Crippen molar-refractivity contribution < 1.29 is 9.53 Å². The lowest BCUT2D eigenvalue weighted by Gasteiger charge is -2.33. The molecule has 2 rings (SSSR count). The number of carbonyl (C=O) groups is 1. The highest BCUT2D eigenvalue weighted by Crippen LogP contribution is 2.18. The fraction of sp³-hybridized carbons (Fsp3) is 0.714. The van der Waals surface area contributed by atoms with Crippen LogP contribution in [0.1, 0.15) is 26.2 Å². The van der Waals surface area contributed by atoms with Crippen LogP contribution in [0.2, 0.25) is 0 Å². The molecule has 5 heteroatoms. The van der Waals surface area contributed by atoms with Gasteiger partial charge in [-0.15, -0.1) is 0 Å². The molecule has 1 amide bonds. The number of hydrogen-bond donors (Lipinski definition) is 0. The molecule has 2 heterocycles. The first-order chi connectivity index (χ1) is 9.29. The zero-order valence-electron chi connectivity index (χ0n) is 11.6. The summed E-state index contributed by atoms with van der Waals surface area (Å²) in [4.78, 5) is 18.1. The molecule has 0 N–H and O–H groups in total. The largest absolute Gasteiger partial charge is 0.381 e. The zero-order chi connectivity index (χ0) is 13.5. The van der Waals surface area contributed by atoms with Crippen LogP contribution in [0.4, 0.5) is 0 Å². The van der Waals surface area contributed by atoms with Gasteiger partial charge in [-0.2, -0.15) is 0 Å². The number of nitrogens with zero attached hydrogens (tertiary/aromatic N) is 3. The number of amides is 1. The normalized spacial score (nSPS) is 19.6. The summed E-state index contributed by atoms with van der Waals surface area (Å²) < 4.78 is 7.34. The maximum absolute atomic E-state index is 12.0. The topological polar surface area (TPSA) is 47.4 Å². The number of likely N-dealkylation sites (tertiary alicyclic amines) is 1. The molecule has 1 aromatic heterocycles. The van der Waals surface area contributed by atoms with Crippen molar-refractivity contribution in [2.45, 2.75) is 32.7 Å². The molecule has 1 saturated heterocycles. The highest BCUT2D eigenvalue weighted by Gasteiger charge is 2.23. The fourth-order valence-corrected chi connectivity index (χ4v) is 2.60. The van der Waals surface area contributed by atoms with Crippen molar-refractivity contribution in [3.63, 3.8) is 0 Å². The Labute approximate surface area is 114 Å². The molecule has 0 aliphatic carbocycles. The number of rotatable bonds is 6. The van der Waals surface area contributed by atoms with Crippen LogP contribution in [0, 0.1) is 5.92 Å². The first-order valence-electron chi connectivity index (χ1n) is 7.11. The van der Waals surface area contributed by atoms with Crippen molar-refractivity contribution in [3.8, 4) is 0 Å². The second-order valence-electron chi connectivity index (χ2n) is 5.05. The number of hydrogen-bond acceptors (Lipinski definition) is 3. The lowest BCUT2D eigenvalue weighted by atomic mass is 9.97. The Hall–Kier alpha value is -1.36. The number of aromatic nitrogens is 2. The van der Waals surface area contributed by atoms with Gasteiger partial charge in [-0.05, 0) is 25.7 Å². The molecule has 19 heavy (non-hydrogen) atoms. The molecule has 5 nitrogen and oxygen atoms in total. The van der Waals surface area contributed by atoms with E-state index >= 15 is 0 Å². The van der Waals surface area contributed by atoms with Crippen LogP contribution < -0.4 is 0 Å². The average molecular weight is 265 g/mol. The predicted molar refractivity (Wildman–Crippen MR) is 72.6 cm³/mol. The zero-order valence-corrected chi connectivity index (χ0v) is 11.6. The van der Waals surface area contributed by atoms with Crippen LogP contribution in [-0.2, 0) is 16.1 Å². The van der Waals surface area contributed by atoms with Crippen LogP contribution in [-0.4, -0.2) is 46.7 Å². The number of imidazole rings is 1. The Morgan fingerprint density at radius 1 is 1.53 bits per heavy atom. The molecule has 1 aliphatic heterocycles. The van der Waals surface area contributed by atoms with E-state index in [9.17, 15) is 4.79 Å². The van der Waals surface area contributed by atoms with Crippen molar-refractivity contribution in [3.05, 3.63) is 18.7 Å². The third-order valence-corrected chi connectivity index (χ3v) is 3.56. The molecule has 106 valence electrons. The van der Waals surface area contributed by atoms with E-state index in [0.29, 0.717) is 25.6 Å². The van der Waals surface area contributed by atoms with E-state index in [1.165, 1.54) is 6.42 Å². The van der Waals surface area contributed by atoms with Gasteiger partial charge in [0.15, 0.2) is 0 Å². The van der Waals surface area contributed by atoms with E-state index in [-0.39, 0.29) is 5.91 Å². The Morgan fingerprint density at radius 3 is 3.16 bits per heavy atom. The summed E-state index contributed by atoms with van der Waals surface area (Å²) in [5, 5.41) is 0. The molecular formula is C14H23N3O2. The van der Waals surface area contributed by atoms with Crippen LogP contribution in [0.15, 0.2) is 18.7 Å². The number of piperidine rings is 1. The van der Waals surface area contributed by atoms with Gasteiger partial charge in [0.25, 0.3) is 0 Å². The first-order valence-corrected chi connectivity index (χ1v) is 7.11. The van der Waals surface area contributed by atoms with Gasteiger partial charge in [0.05, 0.1) is 19.4 Å². The number of ether oxygens (including phenoxy) is 1. The molecule has 0 saturated carbocycles. The SMILES string of the molecule is CCOCCC(=O)N1CCCC(Cn2ccnc2)C1. The van der Waals surface area contributed by atoms with Crippen LogP contribution >= 0.6 is 0 Å². The van der Waals surface area contributed by atoms with E-state index in [0.717, 1.165) is 26.1 Å². The van der Waals surface area contributed by atoms with E-state index in [4.69, 9.17) is 4.74 Å². The van der Waals surface area contributed by atoms with Gasteiger partial charge in [0.1, 0.15) is 0 Å². The van der Waals surface area contributed by atoms with Crippen LogP contribution in [0.25, 0.3) is 0 Å². The lowest BCUT2D eigenvalue weighted by Crippen LogP contribution is -2.41. The smallest absolute Gasteiger partial charge is 0.224 e. The van der Waals surface area contributed by atoms with Gasteiger partial charge in [-0.3, -0.25) is 4.79 Å². The summed E-state index contributed by atoms with van der Waals surface area (Å²) >= 11 is 0. The van der Waals surface area contributed by atoms with E-state index in [1.807, 2.05) is 24.3 Å². The third-order valence-electron chi connectivity index (χ3n) is 3.56. The molecular weight excluding hydrogens is 242 g/mol. The van der Waals surface area contributed by atoms with E-state index < -0.39 is 0 Å². The summed E-state index contributed by atoms with van der Waals surface area (Å²) in [5.41, 5.74) is 0. The monoisotopic (exact) mass is 265 g/mol. The highest BCUT2D eigenvalue weighted by atomic mass is 16.5. The van der Waals surface area contributed by atoms with Gasteiger partial charge in [-0.25, -0.2) is 4.98 Å². The van der Waals surface area contributed by atoms with Crippen molar-refractivity contribution in [1.29, 1.82) is 0 Å². The van der Waals surface area contributed by atoms with E-state index in [2.05, 4.69) is 9.55 Å². The van der Waals surface area contributed by atoms with Gasteiger partial charge in [-0.1, -0.05) is 0 Å². The molecule has 0 bridgehead atoms. The molecule has 1 aromatic rings.